The number of methoxy groups -OCH3 is 1. The van der Waals surface area contributed by atoms with E-state index in [2.05, 4.69) is 4.98 Å². The van der Waals surface area contributed by atoms with Gasteiger partial charge in [-0.2, -0.15) is 0 Å². The summed E-state index contributed by atoms with van der Waals surface area (Å²) in [4.78, 5) is 3.89. The van der Waals surface area contributed by atoms with Gasteiger partial charge in [-0.1, -0.05) is 11.6 Å². The molecule has 0 aromatic carbocycles. The second-order valence-electron chi connectivity index (χ2n) is 2.51. The number of pyridine rings is 1. The number of halogens is 2. The van der Waals surface area contributed by atoms with E-state index in [1.54, 1.807) is 6.92 Å². The first kappa shape index (κ1) is 10.2. The van der Waals surface area contributed by atoms with Crippen molar-refractivity contribution >= 4 is 11.6 Å². The predicted octanol–water partition coefficient (Wildman–Crippen LogP) is 1.65. The molecule has 0 unspecified atom stereocenters. The Labute approximate surface area is 80.7 Å². The fraction of sp³-hybridized carbons (Fsp3) is 0.375. The minimum absolute atomic E-state index is 0.00890. The zero-order valence-electron chi connectivity index (χ0n) is 7.40. The SMILES string of the molecule is COc1c(F)c(CN)nc(C)c1Cl. The summed E-state index contributed by atoms with van der Waals surface area (Å²) in [5.74, 6) is -0.574. The third-order valence-electron chi connectivity index (χ3n) is 1.67. The van der Waals surface area contributed by atoms with Crippen LogP contribution in [0.2, 0.25) is 5.02 Å². The predicted molar refractivity (Wildman–Crippen MR) is 48.4 cm³/mol. The molecule has 72 valence electrons. The molecule has 0 bridgehead atoms. The summed E-state index contributed by atoms with van der Waals surface area (Å²) in [5, 5.41) is 0.192. The van der Waals surface area contributed by atoms with Crippen molar-refractivity contribution in [2.75, 3.05) is 7.11 Å². The van der Waals surface area contributed by atoms with Gasteiger partial charge in [0.25, 0.3) is 0 Å². The first-order valence-corrected chi connectivity index (χ1v) is 4.08. The van der Waals surface area contributed by atoms with Crippen molar-refractivity contribution in [3.05, 3.63) is 22.2 Å². The number of hydrogen-bond donors (Lipinski definition) is 1. The van der Waals surface area contributed by atoms with Crippen LogP contribution in [0, 0.1) is 12.7 Å². The molecule has 0 atom stereocenters. The topological polar surface area (TPSA) is 48.1 Å². The molecular weight excluding hydrogens is 195 g/mol. The van der Waals surface area contributed by atoms with E-state index >= 15 is 0 Å². The van der Waals surface area contributed by atoms with E-state index in [0.29, 0.717) is 5.69 Å². The lowest BCUT2D eigenvalue weighted by molar-refractivity contribution is 0.382. The normalized spacial score (nSPS) is 10.2. The maximum absolute atomic E-state index is 13.4. The van der Waals surface area contributed by atoms with Crippen molar-refractivity contribution in [3.63, 3.8) is 0 Å². The summed E-state index contributed by atoms with van der Waals surface area (Å²) in [7, 11) is 1.35. The molecule has 0 saturated carbocycles. The molecule has 0 aliphatic carbocycles. The molecule has 2 N–H and O–H groups in total. The van der Waals surface area contributed by atoms with Crippen molar-refractivity contribution in [2.45, 2.75) is 13.5 Å². The van der Waals surface area contributed by atoms with Crippen LogP contribution in [0.5, 0.6) is 5.75 Å². The third-order valence-corrected chi connectivity index (χ3v) is 2.11. The lowest BCUT2D eigenvalue weighted by Gasteiger charge is -2.09. The monoisotopic (exact) mass is 204 g/mol. The van der Waals surface area contributed by atoms with Gasteiger partial charge in [0.1, 0.15) is 5.02 Å². The van der Waals surface area contributed by atoms with E-state index in [0.717, 1.165) is 0 Å². The molecule has 1 aromatic rings. The van der Waals surface area contributed by atoms with E-state index < -0.39 is 5.82 Å². The summed E-state index contributed by atoms with van der Waals surface area (Å²) in [6.45, 7) is 1.70. The van der Waals surface area contributed by atoms with E-state index in [4.69, 9.17) is 22.1 Å². The molecule has 0 fully saturated rings. The van der Waals surface area contributed by atoms with Crippen molar-refractivity contribution in [3.8, 4) is 5.75 Å². The van der Waals surface area contributed by atoms with Crippen LogP contribution in [-0.4, -0.2) is 12.1 Å². The van der Waals surface area contributed by atoms with Crippen molar-refractivity contribution in [2.24, 2.45) is 5.73 Å². The summed E-state index contributed by atoms with van der Waals surface area (Å²) >= 11 is 5.76. The summed E-state index contributed by atoms with van der Waals surface area (Å²) < 4.78 is 18.2. The molecule has 1 rings (SSSR count). The molecule has 0 saturated heterocycles. The van der Waals surface area contributed by atoms with E-state index in [1.807, 2.05) is 0 Å². The van der Waals surface area contributed by atoms with Crippen molar-refractivity contribution in [1.29, 1.82) is 0 Å². The number of hydrogen-bond acceptors (Lipinski definition) is 3. The number of rotatable bonds is 2. The lowest BCUT2D eigenvalue weighted by atomic mass is 10.2. The first-order valence-electron chi connectivity index (χ1n) is 3.70. The summed E-state index contributed by atoms with van der Waals surface area (Å²) in [6, 6.07) is 0. The standard InChI is InChI=1S/C8H10ClFN2O/c1-4-6(9)8(13-2)7(10)5(3-11)12-4/h3,11H2,1-2H3. The first-order chi connectivity index (χ1) is 6.11. The zero-order valence-corrected chi connectivity index (χ0v) is 8.15. The molecule has 1 heterocycles. The van der Waals surface area contributed by atoms with Crippen LogP contribution in [0.3, 0.4) is 0 Å². The molecule has 0 aliphatic rings. The van der Waals surface area contributed by atoms with Crippen LogP contribution in [0.4, 0.5) is 4.39 Å². The van der Waals surface area contributed by atoms with Gasteiger partial charge in [0.05, 0.1) is 18.5 Å². The molecule has 0 aliphatic heterocycles. The van der Waals surface area contributed by atoms with Gasteiger partial charge in [-0.25, -0.2) is 4.39 Å². The van der Waals surface area contributed by atoms with Crippen LogP contribution in [0.25, 0.3) is 0 Å². The molecule has 3 nitrogen and oxygen atoms in total. The van der Waals surface area contributed by atoms with Crippen LogP contribution >= 0.6 is 11.6 Å². The number of nitrogens with two attached hydrogens (primary N) is 1. The van der Waals surface area contributed by atoms with E-state index in [9.17, 15) is 4.39 Å². The van der Waals surface area contributed by atoms with Gasteiger partial charge in [0.2, 0.25) is 0 Å². The second kappa shape index (κ2) is 3.89. The van der Waals surface area contributed by atoms with Crippen molar-refractivity contribution < 1.29 is 9.13 Å². The minimum Gasteiger partial charge on any atom is -0.492 e. The molecule has 0 amide bonds. The molecule has 0 spiro atoms. The molecule has 0 radical (unpaired) electrons. The minimum atomic E-state index is -0.583. The number of aromatic nitrogens is 1. The molecule has 13 heavy (non-hydrogen) atoms. The Morgan fingerprint density at radius 1 is 1.62 bits per heavy atom. The van der Waals surface area contributed by atoms with E-state index in [1.165, 1.54) is 7.11 Å². The number of aryl methyl sites for hydroxylation is 1. The number of ether oxygens (including phenoxy) is 1. The van der Waals surface area contributed by atoms with Gasteiger partial charge in [0, 0.05) is 6.54 Å². The molecule has 5 heteroatoms. The Hall–Kier alpha value is -0.870. The average molecular weight is 205 g/mol. The van der Waals surface area contributed by atoms with Gasteiger partial charge >= 0.3 is 0 Å². The smallest absolute Gasteiger partial charge is 0.189 e. The summed E-state index contributed by atoms with van der Waals surface area (Å²) in [6.07, 6.45) is 0. The largest absolute Gasteiger partial charge is 0.492 e. The lowest BCUT2D eigenvalue weighted by Crippen LogP contribution is -2.06. The number of nitrogens with zero attached hydrogens (tertiary/aromatic N) is 1. The summed E-state index contributed by atoms with van der Waals surface area (Å²) in [5.41, 5.74) is 5.97. The second-order valence-corrected chi connectivity index (χ2v) is 2.89. The van der Waals surface area contributed by atoms with Gasteiger partial charge in [-0.15, -0.1) is 0 Å². The Morgan fingerprint density at radius 2 is 2.23 bits per heavy atom. The highest BCUT2D eigenvalue weighted by Crippen LogP contribution is 2.30. The van der Waals surface area contributed by atoms with Gasteiger partial charge < -0.3 is 10.5 Å². The van der Waals surface area contributed by atoms with Crippen LogP contribution in [0.15, 0.2) is 0 Å². The maximum Gasteiger partial charge on any atom is 0.189 e. The average Bonchev–Trinajstić information content (AvgIpc) is 2.12. The maximum atomic E-state index is 13.4. The zero-order chi connectivity index (χ0) is 10.0. The van der Waals surface area contributed by atoms with Gasteiger partial charge in [0.15, 0.2) is 11.6 Å². The Morgan fingerprint density at radius 3 is 2.69 bits per heavy atom. The Balaban J connectivity index is 3.39. The van der Waals surface area contributed by atoms with Crippen LogP contribution < -0.4 is 10.5 Å². The Kier molecular flexibility index (Phi) is 3.06. The van der Waals surface area contributed by atoms with Crippen LogP contribution in [0.1, 0.15) is 11.4 Å². The van der Waals surface area contributed by atoms with Gasteiger partial charge in [-0.05, 0) is 6.92 Å². The molecular formula is C8H10ClFN2O. The highest BCUT2D eigenvalue weighted by atomic mass is 35.5. The molecule has 1 aromatic heterocycles. The Bertz CT molecular complexity index is 330. The van der Waals surface area contributed by atoms with Crippen LogP contribution in [-0.2, 0) is 6.54 Å². The van der Waals surface area contributed by atoms with E-state index in [-0.39, 0.29) is 23.0 Å². The van der Waals surface area contributed by atoms with Gasteiger partial charge in [-0.3, -0.25) is 4.98 Å². The highest BCUT2D eigenvalue weighted by Gasteiger charge is 2.16. The fourth-order valence-corrected chi connectivity index (χ4v) is 1.21. The van der Waals surface area contributed by atoms with Crippen molar-refractivity contribution in [1.82, 2.24) is 4.98 Å². The highest BCUT2D eigenvalue weighted by molar-refractivity contribution is 6.32. The quantitative estimate of drug-likeness (QED) is 0.797. The third kappa shape index (κ3) is 1.73. The fourth-order valence-electron chi connectivity index (χ4n) is 1.01.